The number of aromatic amines is 1. The molecule has 0 aliphatic carbocycles. The SMILES string of the molecule is CC(N)C(=O)NC(Cc1c[nH]c2ccccc12)C(=O)NC(CO)C(=O)NC(Cc1ccccc1)C(=O)O. The molecule has 0 fully saturated rings. The Morgan fingerprint density at radius 2 is 1.43 bits per heavy atom. The highest BCUT2D eigenvalue weighted by Gasteiger charge is 2.30. The fourth-order valence-electron chi connectivity index (χ4n) is 3.82. The van der Waals surface area contributed by atoms with Gasteiger partial charge < -0.3 is 36.9 Å². The number of aliphatic hydroxyl groups excluding tert-OH is 1. The zero-order valence-electron chi connectivity index (χ0n) is 20.3. The first-order chi connectivity index (χ1) is 17.7. The van der Waals surface area contributed by atoms with Crippen molar-refractivity contribution in [1.82, 2.24) is 20.9 Å². The number of H-pyrrole nitrogens is 1. The molecule has 37 heavy (non-hydrogen) atoms. The van der Waals surface area contributed by atoms with Crippen LogP contribution in [0.25, 0.3) is 10.9 Å². The number of carbonyl (C=O) groups excluding carboxylic acids is 3. The van der Waals surface area contributed by atoms with Gasteiger partial charge in [-0.3, -0.25) is 14.4 Å². The van der Waals surface area contributed by atoms with E-state index in [1.54, 1.807) is 36.5 Å². The molecule has 0 aliphatic rings. The summed E-state index contributed by atoms with van der Waals surface area (Å²) < 4.78 is 0. The fraction of sp³-hybridized carbons (Fsp3) is 0.308. The molecule has 196 valence electrons. The zero-order valence-corrected chi connectivity index (χ0v) is 20.3. The molecule has 1 heterocycles. The Morgan fingerprint density at radius 1 is 0.838 bits per heavy atom. The highest BCUT2D eigenvalue weighted by Crippen LogP contribution is 2.19. The number of hydrogen-bond donors (Lipinski definition) is 7. The molecule has 8 N–H and O–H groups in total. The van der Waals surface area contributed by atoms with E-state index < -0.39 is 54.5 Å². The van der Waals surface area contributed by atoms with Crippen LogP contribution >= 0.6 is 0 Å². The van der Waals surface area contributed by atoms with E-state index in [1.807, 2.05) is 24.3 Å². The van der Waals surface area contributed by atoms with Gasteiger partial charge in [-0.2, -0.15) is 0 Å². The lowest BCUT2D eigenvalue weighted by Crippen LogP contribution is -2.58. The number of carboxylic acids is 1. The van der Waals surface area contributed by atoms with Crippen LogP contribution in [0.15, 0.2) is 60.8 Å². The van der Waals surface area contributed by atoms with Gasteiger partial charge in [0.25, 0.3) is 0 Å². The van der Waals surface area contributed by atoms with Crippen LogP contribution in [-0.4, -0.2) is 69.7 Å². The minimum absolute atomic E-state index is 0.0155. The van der Waals surface area contributed by atoms with Crippen LogP contribution in [-0.2, 0) is 32.0 Å². The van der Waals surface area contributed by atoms with Crippen molar-refractivity contribution >= 4 is 34.6 Å². The molecule has 11 heteroatoms. The summed E-state index contributed by atoms with van der Waals surface area (Å²) in [5.41, 5.74) is 7.95. The van der Waals surface area contributed by atoms with Gasteiger partial charge in [0.2, 0.25) is 17.7 Å². The molecule has 3 aromatic rings. The highest BCUT2D eigenvalue weighted by molar-refractivity contribution is 5.95. The summed E-state index contributed by atoms with van der Waals surface area (Å²) in [6.07, 6.45) is 1.82. The van der Waals surface area contributed by atoms with Crippen LogP contribution < -0.4 is 21.7 Å². The summed E-state index contributed by atoms with van der Waals surface area (Å²) in [7, 11) is 0. The number of carbonyl (C=O) groups is 4. The number of nitrogens with two attached hydrogens (primary N) is 1. The lowest BCUT2D eigenvalue weighted by Gasteiger charge is -2.24. The number of benzene rings is 2. The second-order valence-electron chi connectivity index (χ2n) is 8.75. The van der Waals surface area contributed by atoms with Crippen LogP contribution in [0.4, 0.5) is 0 Å². The molecule has 1 aromatic heterocycles. The summed E-state index contributed by atoms with van der Waals surface area (Å²) in [6, 6.07) is 11.5. The molecular formula is C26H31N5O6. The van der Waals surface area contributed by atoms with Crippen LogP contribution in [0.3, 0.4) is 0 Å². The Bertz CT molecular complexity index is 1240. The number of rotatable bonds is 12. The first kappa shape index (κ1) is 27.4. The maximum absolute atomic E-state index is 13.2. The molecule has 0 aliphatic heterocycles. The number of aromatic nitrogens is 1. The summed E-state index contributed by atoms with van der Waals surface area (Å²) >= 11 is 0. The van der Waals surface area contributed by atoms with E-state index in [-0.39, 0.29) is 12.8 Å². The van der Waals surface area contributed by atoms with Gasteiger partial charge in [-0.15, -0.1) is 0 Å². The third-order valence-electron chi connectivity index (χ3n) is 5.86. The maximum atomic E-state index is 13.2. The lowest BCUT2D eigenvalue weighted by molar-refractivity contribution is -0.142. The summed E-state index contributed by atoms with van der Waals surface area (Å²) in [5.74, 6) is -3.44. The first-order valence-electron chi connectivity index (χ1n) is 11.8. The average molecular weight is 510 g/mol. The van der Waals surface area contributed by atoms with Gasteiger partial charge >= 0.3 is 5.97 Å². The predicted molar refractivity (Wildman–Crippen MR) is 136 cm³/mol. The molecule has 3 rings (SSSR count). The smallest absolute Gasteiger partial charge is 0.326 e. The van der Waals surface area contributed by atoms with Crippen LogP contribution in [0.2, 0.25) is 0 Å². The van der Waals surface area contributed by atoms with E-state index in [4.69, 9.17) is 5.73 Å². The molecule has 0 spiro atoms. The summed E-state index contributed by atoms with van der Waals surface area (Å²) in [4.78, 5) is 53.1. The van der Waals surface area contributed by atoms with Crippen LogP contribution in [0, 0.1) is 0 Å². The topological polar surface area (TPSA) is 187 Å². The Morgan fingerprint density at radius 3 is 2.08 bits per heavy atom. The number of fused-ring (bicyclic) bond motifs is 1. The van der Waals surface area contributed by atoms with Gasteiger partial charge in [-0.05, 0) is 24.1 Å². The van der Waals surface area contributed by atoms with Gasteiger partial charge in [0.1, 0.15) is 18.1 Å². The Hall–Kier alpha value is -4.22. The van der Waals surface area contributed by atoms with Gasteiger partial charge in [0, 0.05) is 29.9 Å². The van der Waals surface area contributed by atoms with Gasteiger partial charge in [-0.1, -0.05) is 48.5 Å². The number of nitrogens with one attached hydrogen (secondary N) is 4. The average Bonchev–Trinajstić information content (AvgIpc) is 3.29. The molecule has 11 nitrogen and oxygen atoms in total. The van der Waals surface area contributed by atoms with E-state index in [9.17, 15) is 29.4 Å². The molecule has 2 aromatic carbocycles. The van der Waals surface area contributed by atoms with Crippen molar-refractivity contribution in [3.8, 4) is 0 Å². The molecule has 4 atom stereocenters. The van der Waals surface area contributed by atoms with Crippen LogP contribution in [0.5, 0.6) is 0 Å². The van der Waals surface area contributed by atoms with Gasteiger partial charge in [0.05, 0.1) is 12.6 Å². The normalized spacial score (nSPS) is 14.2. The zero-order chi connectivity index (χ0) is 26.9. The number of amides is 3. The maximum Gasteiger partial charge on any atom is 0.326 e. The first-order valence-corrected chi connectivity index (χ1v) is 11.8. The van der Waals surface area contributed by atoms with Crippen molar-refractivity contribution in [2.75, 3.05) is 6.61 Å². The van der Waals surface area contributed by atoms with E-state index in [2.05, 4.69) is 20.9 Å². The number of carboxylic acid groups (broad SMARTS) is 1. The van der Waals surface area contributed by atoms with Crippen molar-refractivity contribution in [3.63, 3.8) is 0 Å². The predicted octanol–water partition coefficient (Wildman–Crippen LogP) is -0.168. The Balaban J connectivity index is 1.73. The summed E-state index contributed by atoms with van der Waals surface area (Å²) in [5, 5.41) is 27.6. The third-order valence-corrected chi connectivity index (χ3v) is 5.86. The van der Waals surface area contributed by atoms with E-state index >= 15 is 0 Å². The van der Waals surface area contributed by atoms with Crippen molar-refractivity contribution in [2.24, 2.45) is 5.73 Å². The molecule has 3 amide bonds. The Labute approximate surface area is 213 Å². The molecule has 0 bridgehead atoms. The van der Waals surface area contributed by atoms with Crippen molar-refractivity contribution in [3.05, 3.63) is 71.9 Å². The van der Waals surface area contributed by atoms with Gasteiger partial charge in [-0.25, -0.2) is 4.79 Å². The minimum atomic E-state index is -1.44. The number of aliphatic hydroxyl groups is 1. The second kappa shape index (κ2) is 12.7. The third kappa shape index (κ3) is 7.38. The summed E-state index contributed by atoms with van der Waals surface area (Å²) in [6.45, 7) is 0.690. The number of hydrogen-bond acceptors (Lipinski definition) is 6. The van der Waals surface area contributed by atoms with E-state index in [0.29, 0.717) is 5.56 Å². The van der Waals surface area contributed by atoms with E-state index in [0.717, 1.165) is 16.5 Å². The minimum Gasteiger partial charge on any atom is -0.480 e. The standard InChI is InChI=1S/C26H31N5O6/c1-15(27)23(33)29-20(12-17-13-28-19-10-6-5-9-18(17)19)24(34)31-22(14-32)25(35)30-21(26(36)37)11-16-7-3-2-4-8-16/h2-10,13,15,20-22,28,32H,11-12,14,27H2,1H3,(H,29,33)(H,30,35)(H,31,34)(H,36,37). The second-order valence-corrected chi connectivity index (χ2v) is 8.75. The molecule has 0 radical (unpaired) electrons. The number of aliphatic carboxylic acids is 1. The fourth-order valence-corrected chi connectivity index (χ4v) is 3.82. The van der Waals surface area contributed by atoms with Crippen LogP contribution in [0.1, 0.15) is 18.1 Å². The quantitative estimate of drug-likeness (QED) is 0.177. The van der Waals surface area contributed by atoms with Crippen molar-refractivity contribution < 1.29 is 29.4 Å². The van der Waals surface area contributed by atoms with Crippen molar-refractivity contribution in [1.29, 1.82) is 0 Å². The monoisotopic (exact) mass is 509 g/mol. The lowest BCUT2D eigenvalue weighted by atomic mass is 10.0. The molecule has 0 saturated heterocycles. The van der Waals surface area contributed by atoms with E-state index in [1.165, 1.54) is 6.92 Å². The molecular weight excluding hydrogens is 478 g/mol. The molecule has 0 saturated carbocycles. The highest BCUT2D eigenvalue weighted by atomic mass is 16.4. The van der Waals surface area contributed by atoms with Gasteiger partial charge in [0.15, 0.2) is 0 Å². The van der Waals surface area contributed by atoms with Crippen molar-refractivity contribution in [2.45, 2.75) is 43.9 Å². The number of para-hydroxylation sites is 1. The molecule has 4 unspecified atom stereocenters. The largest absolute Gasteiger partial charge is 0.480 e. The Kier molecular flexibility index (Phi) is 9.36.